The minimum atomic E-state index is -0.603. The van der Waals surface area contributed by atoms with E-state index in [4.69, 9.17) is 9.47 Å². The number of para-hydroxylation sites is 1. The van der Waals surface area contributed by atoms with Crippen LogP contribution in [0.25, 0.3) is 0 Å². The van der Waals surface area contributed by atoms with Crippen LogP contribution in [-0.4, -0.2) is 66.5 Å². The molecule has 172 valence electrons. The van der Waals surface area contributed by atoms with Crippen molar-refractivity contribution in [2.45, 2.75) is 24.9 Å². The van der Waals surface area contributed by atoms with Crippen molar-refractivity contribution in [2.24, 2.45) is 0 Å². The largest absolute Gasteiger partial charge is 0.486 e. The molecule has 2 aromatic carbocycles. The highest BCUT2D eigenvalue weighted by Gasteiger charge is 2.43. The molecule has 33 heavy (non-hydrogen) atoms. The van der Waals surface area contributed by atoms with Crippen LogP contribution in [0.3, 0.4) is 0 Å². The van der Waals surface area contributed by atoms with Gasteiger partial charge in [0.2, 0.25) is 0 Å². The molecule has 3 aliphatic heterocycles. The molecule has 2 saturated heterocycles. The second-order valence-corrected chi connectivity index (χ2v) is 8.73. The SMILES string of the molecule is O=C1CC2(CCN(C(=O)c3ccc(N4CCOCC4)c([N+](=O)[O-])c3)CC2)Oc2ccccc21. The van der Waals surface area contributed by atoms with E-state index in [-0.39, 0.29) is 17.4 Å². The van der Waals surface area contributed by atoms with Crippen LogP contribution >= 0.6 is 0 Å². The van der Waals surface area contributed by atoms with Crippen LogP contribution < -0.4 is 9.64 Å². The van der Waals surface area contributed by atoms with Gasteiger partial charge in [-0.3, -0.25) is 19.7 Å². The van der Waals surface area contributed by atoms with E-state index >= 15 is 0 Å². The fraction of sp³-hybridized carbons (Fsp3) is 0.417. The predicted octanol–water partition coefficient (Wildman–Crippen LogP) is 3.07. The summed E-state index contributed by atoms with van der Waals surface area (Å²) in [5, 5.41) is 11.7. The molecule has 0 radical (unpaired) electrons. The van der Waals surface area contributed by atoms with Gasteiger partial charge in [0.15, 0.2) is 5.78 Å². The Balaban J connectivity index is 1.31. The van der Waals surface area contributed by atoms with Crippen molar-refractivity contribution in [1.29, 1.82) is 0 Å². The molecule has 0 aliphatic carbocycles. The van der Waals surface area contributed by atoms with Gasteiger partial charge in [0.05, 0.1) is 30.1 Å². The van der Waals surface area contributed by atoms with Crippen molar-refractivity contribution in [3.8, 4) is 5.75 Å². The van der Waals surface area contributed by atoms with Crippen molar-refractivity contribution < 1.29 is 24.0 Å². The number of amides is 1. The monoisotopic (exact) mass is 451 g/mol. The molecule has 3 heterocycles. The number of piperidine rings is 1. The van der Waals surface area contributed by atoms with E-state index in [2.05, 4.69) is 0 Å². The summed E-state index contributed by atoms with van der Waals surface area (Å²) in [7, 11) is 0. The Bertz CT molecular complexity index is 1100. The van der Waals surface area contributed by atoms with E-state index in [9.17, 15) is 19.7 Å². The van der Waals surface area contributed by atoms with Gasteiger partial charge in [-0.1, -0.05) is 12.1 Å². The fourth-order valence-corrected chi connectivity index (χ4v) is 4.90. The zero-order valence-corrected chi connectivity index (χ0v) is 18.2. The Morgan fingerprint density at radius 1 is 1.03 bits per heavy atom. The van der Waals surface area contributed by atoms with Crippen LogP contribution in [-0.2, 0) is 4.74 Å². The van der Waals surface area contributed by atoms with Crippen molar-refractivity contribution in [1.82, 2.24) is 4.90 Å². The summed E-state index contributed by atoms with van der Waals surface area (Å²) >= 11 is 0. The van der Waals surface area contributed by atoms with Crippen molar-refractivity contribution >= 4 is 23.1 Å². The summed E-state index contributed by atoms with van der Waals surface area (Å²) in [6.07, 6.45) is 1.37. The molecule has 9 nitrogen and oxygen atoms in total. The number of nitrogens with zero attached hydrogens (tertiary/aromatic N) is 3. The van der Waals surface area contributed by atoms with Gasteiger partial charge in [-0.15, -0.1) is 0 Å². The summed E-state index contributed by atoms with van der Waals surface area (Å²) in [5.74, 6) is 0.415. The van der Waals surface area contributed by atoms with Gasteiger partial charge in [-0.2, -0.15) is 0 Å². The van der Waals surface area contributed by atoms with Crippen LogP contribution in [0.4, 0.5) is 11.4 Å². The Morgan fingerprint density at radius 3 is 2.48 bits per heavy atom. The molecule has 0 bridgehead atoms. The van der Waals surface area contributed by atoms with Crippen LogP contribution in [0.15, 0.2) is 42.5 Å². The van der Waals surface area contributed by atoms with Crippen LogP contribution in [0.1, 0.15) is 40.0 Å². The number of likely N-dealkylation sites (tertiary alicyclic amines) is 1. The number of nitro groups is 1. The number of Topliss-reactive ketones (excluding diaryl/α,β-unsaturated/α-hetero) is 1. The van der Waals surface area contributed by atoms with Crippen LogP contribution in [0.5, 0.6) is 5.75 Å². The molecule has 0 atom stereocenters. The van der Waals surface area contributed by atoms with E-state index in [0.717, 1.165) is 0 Å². The summed E-state index contributed by atoms with van der Waals surface area (Å²) in [4.78, 5) is 40.7. The van der Waals surface area contributed by atoms with E-state index in [1.54, 1.807) is 29.2 Å². The average molecular weight is 451 g/mol. The molecule has 0 unspecified atom stereocenters. The van der Waals surface area contributed by atoms with Crippen molar-refractivity contribution in [3.63, 3.8) is 0 Å². The summed E-state index contributed by atoms with van der Waals surface area (Å²) in [6.45, 7) is 3.03. The summed E-state index contributed by atoms with van der Waals surface area (Å²) < 4.78 is 11.6. The minimum Gasteiger partial charge on any atom is -0.486 e. The molecule has 0 aromatic heterocycles. The summed E-state index contributed by atoms with van der Waals surface area (Å²) in [6, 6.07) is 11.9. The van der Waals surface area contributed by atoms with E-state index in [1.165, 1.54) is 6.07 Å². The Labute approximate surface area is 191 Å². The van der Waals surface area contributed by atoms with E-state index in [1.807, 2.05) is 17.0 Å². The lowest BCUT2D eigenvalue weighted by atomic mass is 9.82. The maximum atomic E-state index is 13.2. The first-order valence-electron chi connectivity index (χ1n) is 11.2. The molecule has 2 aromatic rings. The molecule has 0 N–H and O–H groups in total. The lowest BCUT2D eigenvalue weighted by Gasteiger charge is -2.44. The number of carbonyl (C=O) groups is 2. The van der Waals surface area contributed by atoms with Gasteiger partial charge in [-0.05, 0) is 24.3 Å². The molecule has 5 rings (SSSR count). The van der Waals surface area contributed by atoms with Crippen LogP contribution in [0.2, 0.25) is 0 Å². The zero-order chi connectivity index (χ0) is 23.0. The molecule has 1 amide bonds. The first kappa shape index (κ1) is 21.4. The first-order valence-corrected chi connectivity index (χ1v) is 11.2. The Hall–Kier alpha value is -3.46. The van der Waals surface area contributed by atoms with Gasteiger partial charge >= 0.3 is 0 Å². The number of fused-ring (bicyclic) bond motifs is 1. The number of hydrogen-bond donors (Lipinski definition) is 0. The number of nitro benzene ring substituents is 1. The Morgan fingerprint density at radius 2 is 1.76 bits per heavy atom. The van der Waals surface area contributed by atoms with Crippen molar-refractivity contribution in [2.75, 3.05) is 44.3 Å². The zero-order valence-electron chi connectivity index (χ0n) is 18.2. The molecule has 9 heteroatoms. The predicted molar refractivity (Wildman–Crippen MR) is 120 cm³/mol. The number of morpholine rings is 1. The highest BCUT2D eigenvalue weighted by atomic mass is 16.6. The van der Waals surface area contributed by atoms with Gasteiger partial charge in [0.1, 0.15) is 17.0 Å². The number of hydrogen-bond acceptors (Lipinski definition) is 7. The van der Waals surface area contributed by atoms with Crippen LogP contribution in [0, 0.1) is 10.1 Å². The molecular formula is C24H25N3O6. The number of ketones is 1. The average Bonchev–Trinajstić information content (AvgIpc) is 2.84. The van der Waals surface area contributed by atoms with E-state index < -0.39 is 10.5 Å². The van der Waals surface area contributed by atoms with Gasteiger partial charge in [0, 0.05) is 50.7 Å². The topological polar surface area (TPSA) is 102 Å². The molecular weight excluding hydrogens is 426 g/mol. The molecule has 0 saturated carbocycles. The highest BCUT2D eigenvalue weighted by Crippen LogP contribution is 2.39. The number of rotatable bonds is 3. The number of ether oxygens (including phenoxy) is 2. The number of anilines is 1. The second kappa shape index (κ2) is 8.47. The quantitative estimate of drug-likeness (QED) is 0.522. The van der Waals surface area contributed by atoms with Gasteiger partial charge < -0.3 is 19.3 Å². The Kier molecular flexibility index (Phi) is 5.49. The van der Waals surface area contributed by atoms with E-state index in [0.29, 0.717) is 81.2 Å². The normalized spacial score (nSPS) is 19.7. The maximum absolute atomic E-state index is 13.2. The maximum Gasteiger partial charge on any atom is 0.293 e. The lowest BCUT2D eigenvalue weighted by molar-refractivity contribution is -0.384. The molecule has 1 spiro atoms. The number of carbonyl (C=O) groups excluding carboxylic acids is 2. The lowest BCUT2D eigenvalue weighted by Crippen LogP contribution is -2.52. The smallest absolute Gasteiger partial charge is 0.293 e. The molecule has 3 aliphatic rings. The third kappa shape index (κ3) is 4.04. The third-order valence-corrected chi connectivity index (χ3v) is 6.73. The standard InChI is InChI=1S/C24H25N3O6/c28-21-16-24(33-22-4-2-1-3-18(21)22)7-9-26(10-8-24)23(29)17-5-6-19(20(15-17)27(30)31)25-11-13-32-14-12-25/h1-6,15H,7-14,16H2. The second-order valence-electron chi connectivity index (χ2n) is 8.73. The minimum absolute atomic E-state index is 0.0611. The molecule has 2 fully saturated rings. The van der Waals surface area contributed by atoms with Gasteiger partial charge in [0.25, 0.3) is 11.6 Å². The fourth-order valence-electron chi connectivity index (χ4n) is 4.90. The third-order valence-electron chi connectivity index (χ3n) is 6.73. The first-order chi connectivity index (χ1) is 16.0. The number of benzene rings is 2. The summed E-state index contributed by atoms with van der Waals surface area (Å²) in [5.41, 5.74) is 0.725. The highest BCUT2D eigenvalue weighted by molar-refractivity contribution is 6.00. The van der Waals surface area contributed by atoms with Crippen molar-refractivity contribution in [3.05, 3.63) is 63.7 Å². The van der Waals surface area contributed by atoms with Gasteiger partial charge in [-0.25, -0.2) is 0 Å².